The molecule has 2 rings (SSSR count). The summed E-state index contributed by atoms with van der Waals surface area (Å²) in [6, 6.07) is 7.14. The molecule has 1 aromatic carbocycles. The second kappa shape index (κ2) is 9.32. The number of benzene rings is 1. The smallest absolute Gasteiger partial charge is 0.338 e. The summed E-state index contributed by atoms with van der Waals surface area (Å²) in [5.41, 5.74) is 3.29. The highest BCUT2D eigenvalue weighted by Gasteiger charge is 2.10. The molecule has 0 atom stereocenters. The molecule has 1 N–H and O–H groups in total. The van der Waals surface area contributed by atoms with Crippen LogP contribution in [-0.4, -0.2) is 30.0 Å². The quantitative estimate of drug-likeness (QED) is 0.585. The van der Waals surface area contributed by atoms with E-state index in [-0.39, 0.29) is 12.5 Å². The van der Waals surface area contributed by atoms with Gasteiger partial charge in [0, 0.05) is 22.6 Å². The van der Waals surface area contributed by atoms with E-state index in [9.17, 15) is 9.59 Å². The fourth-order valence-corrected chi connectivity index (χ4v) is 3.15. The molecule has 1 aromatic heterocycles. The van der Waals surface area contributed by atoms with Crippen LogP contribution in [0, 0.1) is 0 Å². The maximum absolute atomic E-state index is 11.9. The number of esters is 1. The van der Waals surface area contributed by atoms with Crippen molar-refractivity contribution in [2.24, 2.45) is 0 Å². The third-order valence-electron chi connectivity index (χ3n) is 2.87. The first-order chi connectivity index (χ1) is 11.2. The predicted molar refractivity (Wildman–Crippen MR) is 91.7 cm³/mol. The molecule has 0 fully saturated rings. The van der Waals surface area contributed by atoms with E-state index in [1.807, 2.05) is 29.9 Å². The lowest BCUT2D eigenvalue weighted by atomic mass is 10.2. The number of carbonyl (C=O) groups is 2. The van der Waals surface area contributed by atoms with E-state index in [2.05, 4.69) is 10.3 Å². The van der Waals surface area contributed by atoms with E-state index in [0.29, 0.717) is 12.1 Å². The predicted octanol–water partition coefficient (Wildman–Crippen LogP) is 3.12. The number of ether oxygens (including phenoxy) is 1. The molecule has 0 aliphatic heterocycles. The van der Waals surface area contributed by atoms with Crippen molar-refractivity contribution in [1.82, 2.24) is 10.3 Å². The lowest BCUT2D eigenvalue weighted by Crippen LogP contribution is -2.29. The molecule has 122 valence electrons. The van der Waals surface area contributed by atoms with Gasteiger partial charge in [-0.25, -0.2) is 9.78 Å². The second-order valence-corrected chi connectivity index (χ2v) is 6.49. The van der Waals surface area contributed by atoms with Crippen LogP contribution in [0.1, 0.15) is 29.4 Å². The van der Waals surface area contributed by atoms with Crippen LogP contribution in [0.5, 0.6) is 0 Å². The summed E-state index contributed by atoms with van der Waals surface area (Å²) in [5.74, 6) is 0.0218. The molecule has 5 nitrogen and oxygen atoms in total. The normalized spacial score (nSPS) is 10.3. The lowest BCUT2D eigenvalue weighted by molar-refractivity contribution is -0.124. The SMILES string of the molecule is CCCNC(=O)COC(=O)c1ccc(SCc2cscn2)cc1. The number of nitrogens with zero attached hydrogens (tertiary/aromatic N) is 1. The molecule has 0 saturated carbocycles. The van der Waals surface area contributed by atoms with Crippen LogP contribution in [0.4, 0.5) is 0 Å². The Hall–Kier alpha value is -1.86. The van der Waals surface area contributed by atoms with Crippen LogP contribution < -0.4 is 5.32 Å². The number of aromatic nitrogens is 1. The van der Waals surface area contributed by atoms with E-state index in [1.165, 1.54) is 0 Å². The van der Waals surface area contributed by atoms with Gasteiger partial charge in [-0.3, -0.25) is 4.79 Å². The van der Waals surface area contributed by atoms with Gasteiger partial charge < -0.3 is 10.1 Å². The maximum atomic E-state index is 11.9. The fraction of sp³-hybridized carbons (Fsp3) is 0.312. The minimum Gasteiger partial charge on any atom is -0.452 e. The van der Waals surface area contributed by atoms with Crippen LogP contribution in [0.15, 0.2) is 40.1 Å². The highest BCUT2D eigenvalue weighted by atomic mass is 32.2. The molecule has 0 aliphatic rings. The fourth-order valence-electron chi connectivity index (χ4n) is 1.68. The van der Waals surface area contributed by atoms with Crippen molar-refractivity contribution in [3.8, 4) is 0 Å². The van der Waals surface area contributed by atoms with Crippen LogP contribution in [0.2, 0.25) is 0 Å². The first-order valence-corrected chi connectivity index (χ1v) is 9.15. The summed E-state index contributed by atoms with van der Waals surface area (Å²) in [6.45, 7) is 2.29. The van der Waals surface area contributed by atoms with Gasteiger partial charge in [0.1, 0.15) is 0 Å². The number of thioether (sulfide) groups is 1. The third-order valence-corrected chi connectivity index (χ3v) is 4.55. The number of hydrogen-bond donors (Lipinski definition) is 1. The van der Waals surface area contributed by atoms with Crippen LogP contribution >= 0.6 is 23.1 Å². The van der Waals surface area contributed by atoms with E-state index >= 15 is 0 Å². The van der Waals surface area contributed by atoms with E-state index in [1.54, 1.807) is 35.2 Å². The number of carbonyl (C=O) groups excluding carboxylic acids is 2. The van der Waals surface area contributed by atoms with Crippen LogP contribution in [0.3, 0.4) is 0 Å². The number of amides is 1. The largest absolute Gasteiger partial charge is 0.452 e. The van der Waals surface area contributed by atoms with Crippen molar-refractivity contribution in [1.29, 1.82) is 0 Å². The van der Waals surface area contributed by atoms with Crippen LogP contribution in [0.25, 0.3) is 0 Å². The zero-order chi connectivity index (χ0) is 16.5. The van der Waals surface area contributed by atoms with Gasteiger partial charge in [-0.05, 0) is 30.7 Å². The minimum atomic E-state index is -0.493. The van der Waals surface area contributed by atoms with Gasteiger partial charge >= 0.3 is 5.97 Å². The second-order valence-electron chi connectivity index (χ2n) is 4.72. The number of nitrogens with one attached hydrogen (secondary N) is 1. The molecule has 1 heterocycles. The number of hydrogen-bond acceptors (Lipinski definition) is 6. The van der Waals surface area contributed by atoms with Gasteiger partial charge in [0.2, 0.25) is 0 Å². The molecule has 7 heteroatoms. The Morgan fingerprint density at radius 1 is 1.30 bits per heavy atom. The van der Waals surface area contributed by atoms with Crippen molar-refractivity contribution in [3.05, 3.63) is 46.4 Å². The van der Waals surface area contributed by atoms with Gasteiger partial charge in [-0.2, -0.15) is 0 Å². The molecule has 0 radical (unpaired) electrons. The zero-order valence-electron chi connectivity index (χ0n) is 12.8. The standard InChI is InChI=1S/C16H18N2O3S2/c1-2-7-17-15(19)8-21-16(20)12-3-5-14(6-4-12)23-10-13-9-22-11-18-13/h3-6,9,11H,2,7-8,10H2,1H3,(H,17,19). The summed E-state index contributed by atoms with van der Waals surface area (Å²) in [4.78, 5) is 28.5. The topological polar surface area (TPSA) is 68.3 Å². The molecule has 1 amide bonds. The first kappa shape index (κ1) is 17.5. The van der Waals surface area contributed by atoms with Crippen molar-refractivity contribution >= 4 is 35.0 Å². The van der Waals surface area contributed by atoms with Crippen molar-refractivity contribution in [2.45, 2.75) is 24.0 Å². The zero-order valence-corrected chi connectivity index (χ0v) is 14.4. The summed E-state index contributed by atoms with van der Waals surface area (Å²) < 4.78 is 4.98. The monoisotopic (exact) mass is 350 g/mol. The Kier molecular flexibility index (Phi) is 7.09. The molecular formula is C16H18N2O3S2. The molecule has 0 saturated heterocycles. The van der Waals surface area contributed by atoms with E-state index in [4.69, 9.17) is 4.74 Å². The molecule has 0 aliphatic carbocycles. The van der Waals surface area contributed by atoms with Gasteiger partial charge in [0.05, 0.1) is 16.8 Å². The highest BCUT2D eigenvalue weighted by molar-refractivity contribution is 7.98. The summed E-state index contributed by atoms with van der Waals surface area (Å²) >= 11 is 3.23. The Labute approximate surface area is 143 Å². The molecule has 0 bridgehead atoms. The van der Waals surface area contributed by atoms with Gasteiger partial charge in [0.15, 0.2) is 6.61 Å². The summed E-state index contributed by atoms with van der Waals surface area (Å²) in [7, 11) is 0. The van der Waals surface area contributed by atoms with E-state index in [0.717, 1.165) is 22.8 Å². The lowest BCUT2D eigenvalue weighted by Gasteiger charge is -2.06. The average Bonchev–Trinajstić information content (AvgIpc) is 3.10. The van der Waals surface area contributed by atoms with Gasteiger partial charge in [0.25, 0.3) is 5.91 Å². The van der Waals surface area contributed by atoms with Gasteiger partial charge in [-0.15, -0.1) is 23.1 Å². The van der Waals surface area contributed by atoms with Crippen molar-refractivity contribution < 1.29 is 14.3 Å². The minimum absolute atomic E-state index is 0.251. The molecule has 0 unspecified atom stereocenters. The van der Waals surface area contributed by atoms with Gasteiger partial charge in [-0.1, -0.05) is 6.92 Å². The molecule has 0 spiro atoms. The third kappa shape index (κ3) is 6.03. The average molecular weight is 350 g/mol. The molecular weight excluding hydrogens is 332 g/mol. The van der Waals surface area contributed by atoms with Crippen molar-refractivity contribution in [3.63, 3.8) is 0 Å². The Balaban J connectivity index is 1.79. The number of rotatable bonds is 8. The Morgan fingerprint density at radius 3 is 2.74 bits per heavy atom. The Morgan fingerprint density at radius 2 is 2.09 bits per heavy atom. The molecule has 2 aromatic rings. The van der Waals surface area contributed by atoms with Crippen molar-refractivity contribution in [2.75, 3.05) is 13.2 Å². The Bertz CT molecular complexity index is 627. The summed E-state index contributed by atoms with van der Waals surface area (Å²) in [5, 5.41) is 4.67. The maximum Gasteiger partial charge on any atom is 0.338 e. The summed E-state index contributed by atoms with van der Waals surface area (Å²) in [6.07, 6.45) is 0.847. The molecule has 23 heavy (non-hydrogen) atoms. The van der Waals surface area contributed by atoms with Crippen LogP contribution in [-0.2, 0) is 15.3 Å². The highest BCUT2D eigenvalue weighted by Crippen LogP contribution is 2.23. The number of thiazole rings is 1. The first-order valence-electron chi connectivity index (χ1n) is 7.22. The van der Waals surface area contributed by atoms with E-state index < -0.39 is 5.97 Å².